The van der Waals surface area contributed by atoms with Gasteiger partial charge in [0, 0.05) is 25.1 Å². The van der Waals surface area contributed by atoms with Gasteiger partial charge < -0.3 is 9.84 Å². The lowest BCUT2D eigenvalue weighted by atomic mass is 10.3. The number of aliphatic hydroxyl groups is 1. The summed E-state index contributed by atoms with van der Waals surface area (Å²) < 4.78 is 19.7. The van der Waals surface area contributed by atoms with E-state index in [9.17, 15) is 4.39 Å². The molecule has 0 amide bonds. The van der Waals surface area contributed by atoms with Gasteiger partial charge in [0.1, 0.15) is 0 Å². The normalized spacial score (nSPS) is 10.8. The van der Waals surface area contributed by atoms with Gasteiger partial charge in [-0.25, -0.2) is 14.1 Å². The van der Waals surface area contributed by atoms with Crippen LogP contribution in [0.1, 0.15) is 11.3 Å². The summed E-state index contributed by atoms with van der Waals surface area (Å²) in [5.74, 6) is -0.368. The Hall–Kier alpha value is -1.79. The highest BCUT2D eigenvalue weighted by Gasteiger charge is 2.12. The van der Waals surface area contributed by atoms with E-state index in [-0.39, 0.29) is 19.0 Å². The lowest BCUT2D eigenvalue weighted by Gasteiger charge is -2.00. The molecule has 0 saturated heterocycles. The second-order valence-electron chi connectivity index (χ2n) is 3.45. The molecular formula is C11H12FN3O2. The number of halogens is 1. The van der Waals surface area contributed by atoms with Crippen LogP contribution in [0.2, 0.25) is 0 Å². The fourth-order valence-electron chi connectivity index (χ4n) is 1.49. The Bertz CT molecular complexity index is 513. The first kappa shape index (κ1) is 11.7. The third kappa shape index (κ3) is 2.32. The van der Waals surface area contributed by atoms with E-state index in [0.29, 0.717) is 11.3 Å². The maximum Gasteiger partial charge on any atom is 0.189 e. The number of nitrogens with zero attached hydrogens (tertiary/aromatic N) is 3. The van der Waals surface area contributed by atoms with Gasteiger partial charge in [-0.15, -0.1) is 0 Å². The first-order valence-corrected chi connectivity index (χ1v) is 5.04. The standard InChI is InChI=1S/C11H12FN3O2/c1-17-7-10-8(6-16)5-15(14-10)11-9(12)3-2-4-13-11/h2-5,16H,6-7H2,1H3. The van der Waals surface area contributed by atoms with Crippen LogP contribution in [-0.4, -0.2) is 27.0 Å². The van der Waals surface area contributed by atoms with Crippen molar-refractivity contribution < 1.29 is 14.2 Å². The van der Waals surface area contributed by atoms with Crippen LogP contribution in [-0.2, 0) is 18.0 Å². The van der Waals surface area contributed by atoms with Crippen molar-refractivity contribution in [1.29, 1.82) is 0 Å². The molecule has 0 atom stereocenters. The molecule has 0 aliphatic rings. The molecule has 2 aromatic heterocycles. The molecule has 1 N–H and O–H groups in total. The molecule has 0 spiro atoms. The highest BCUT2D eigenvalue weighted by molar-refractivity contribution is 5.27. The summed E-state index contributed by atoms with van der Waals surface area (Å²) in [7, 11) is 1.53. The Morgan fingerprint density at radius 3 is 3.00 bits per heavy atom. The number of methoxy groups -OCH3 is 1. The maximum atomic E-state index is 13.5. The summed E-state index contributed by atoms with van der Waals surface area (Å²) in [6.45, 7) is 0.0878. The van der Waals surface area contributed by atoms with Crippen LogP contribution in [0.25, 0.3) is 5.82 Å². The molecule has 0 saturated carbocycles. The van der Waals surface area contributed by atoms with E-state index in [1.54, 1.807) is 6.20 Å². The van der Waals surface area contributed by atoms with Gasteiger partial charge in [0.2, 0.25) is 0 Å². The van der Waals surface area contributed by atoms with Crippen molar-refractivity contribution in [2.75, 3.05) is 7.11 Å². The van der Waals surface area contributed by atoms with E-state index in [1.807, 2.05) is 0 Å². The third-order valence-corrected chi connectivity index (χ3v) is 2.28. The lowest BCUT2D eigenvalue weighted by Crippen LogP contribution is -2.02. The van der Waals surface area contributed by atoms with Crippen molar-refractivity contribution in [3.8, 4) is 5.82 Å². The second-order valence-corrected chi connectivity index (χ2v) is 3.45. The van der Waals surface area contributed by atoms with Crippen LogP contribution in [0, 0.1) is 5.82 Å². The van der Waals surface area contributed by atoms with Gasteiger partial charge in [-0.3, -0.25) is 0 Å². The number of pyridine rings is 1. The van der Waals surface area contributed by atoms with Gasteiger partial charge >= 0.3 is 0 Å². The topological polar surface area (TPSA) is 60.2 Å². The van der Waals surface area contributed by atoms with Crippen molar-refractivity contribution in [2.24, 2.45) is 0 Å². The summed E-state index contributed by atoms with van der Waals surface area (Å²) in [6, 6.07) is 2.81. The number of aromatic nitrogens is 3. The fraction of sp³-hybridized carbons (Fsp3) is 0.273. The van der Waals surface area contributed by atoms with E-state index in [0.717, 1.165) is 0 Å². The molecule has 0 aliphatic heterocycles. The Morgan fingerprint density at radius 2 is 2.35 bits per heavy atom. The SMILES string of the molecule is COCc1nn(-c2ncccc2F)cc1CO. The number of aliphatic hydroxyl groups excluding tert-OH is 1. The average molecular weight is 237 g/mol. The zero-order chi connectivity index (χ0) is 12.3. The number of rotatable bonds is 4. The Balaban J connectivity index is 2.43. The molecular weight excluding hydrogens is 225 g/mol. The van der Waals surface area contributed by atoms with Gasteiger partial charge in [-0.05, 0) is 12.1 Å². The molecule has 0 aromatic carbocycles. The molecule has 0 radical (unpaired) electrons. The predicted octanol–water partition coefficient (Wildman–Crippen LogP) is 1.05. The first-order chi connectivity index (χ1) is 8.26. The summed E-state index contributed by atoms with van der Waals surface area (Å²) >= 11 is 0. The van der Waals surface area contributed by atoms with Crippen molar-refractivity contribution in [3.63, 3.8) is 0 Å². The summed E-state index contributed by atoms with van der Waals surface area (Å²) in [5, 5.41) is 13.3. The average Bonchev–Trinajstić information content (AvgIpc) is 2.73. The molecule has 5 nitrogen and oxygen atoms in total. The van der Waals surface area contributed by atoms with Crippen molar-refractivity contribution in [3.05, 3.63) is 41.6 Å². The minimum Gasteiger partial charge on any atom is -0.392 e. The molecule has 2 rings (SSSR count). The monoisotopic (exact) mass is 237 g/mol. The van der Waals surface area contributed by atoms with Crippen LogP contribution < -0.4 is 0 Å². The van der Waals surface area contributed by atoms with E-state index in [4.69, 9.17) is 9.84 Å². The Kier molecular flexibility index (Phi) is 3.46. The minimum absolute atomic E-state index is 0.101. The van der Waals surface area contributed by atoms with Crippen LogP contribution in [0.3, 0.4) is 0 Å². The lowest BCUT2D eigenvalue weighted by molar-refractivity contribution is 0.178. The number of hydrogen-bond donors (Lipinski definition) is 1. The molecule has 2 heterocycles. The zero-order valence-electron chi connectivity index (χ0n) is 9.30. The van der Waals surface area contributed by atoms with E-state index in [2.05, 4.69) is 10.1 Å². The van der Waals surface area contributed by atoms with Crippen molar-refractivity contribution in [1.82, 2.24) is 14.8 Å². The predicted molar refractivity (Wildman–Crippen MR) is 58.0 cm³/mol. The summed E-state index contributed by atoms with van der Waals surface area (Å²) in [4.78, 5) is 3.90. The Morgan fingerprint density at radius 1 is 1.53 bits per heavy atom. The first-order valence-electron chi connectivity index (χ1n) is 5.04. The van der Waals surface area contributed by atoms with Crippen LogP contribution in [0.4, 0.5) is 4.39 Å². The van der Waals surface area contributed by atoms with Crippen molar-refractivity contribution >= 4 is 0 Å². The van der Waals surface area contributed by atoms with Gasteiger partial charge in [0.15, 0.2) is 11.6 Å². The molecule has 90 valence electrons. The maximum absolute atomic E-state index is 13.5. The summed E-state index contributed by atoms with van der Waals surface area (Å²) in [5.41, 5.74) is 1.16. The van der Waals surface area contributed by atoms with Gasteiger partial charge in [0.05, 0.1) is 18.9 Å². The van der Waals surface area contributed by atoms with Crippen LogP contribution in [0.5, 0.6) is 0 Å². The fourth-order valence-corrected chi connectivity index (χ4v) is 1.49. The molecule has 0 fully saturated rings. The quantitative estimate of drug-likeness (QED) is 0.863. The number of ether oxygens (including phenoxy) is 1. The Labute approximate surface area is 97.5 Å². The molecule has 0 unspecified atom stereocenters. The van der Waals surface area contributed by atoms with E-state index < -0.39 is 5.82 Å². The molecule has 17 heavy (non-hydrogen) atoms. The second kappa shape index (κ2) is 5.03. The van der Waals surface area contributed by atoms with Crippen molar-refractivity contribution in [2.45, 2.75) is 13.2 Å². The highest BCUT2D eigenvalue weighted by Crippen LogP contribution is 2.14. The summed E-state index contributed by atoms with van der Waals surface area (Å²) in [6.07, 6.45) is 3.02. The van der Waals surface area contributed by atoms with E-state index >= 15 is 0 Å². The minimum atomic E-state index is -0.469. The molecule has 6 heteroatoms. The molecule has 2 aromatic rings. The molecule has 0 bridgehead atoms. The zero-order valence-corrected chi connectivity index (χ0v) is 9.30. The van der Waals surface area contributed by atoms with Gasteiger partial charge in [-0.1, -0.05) is 0 Å². The molecule has 0 aliphatic carbocycles. The third-order valence-electron chi connectivity index (χ3n) is 2.28. The number of hydrogen-bond acceptors (Lipinski definition) is 4. The van der Waals surface area contributed by atoms with Crippen LogP contribution >= 0.6 is 0 Å². The largest absolute Gasteiger partial charge is 0.392 e. The smallest absolute Gasteiger partial charge is 0.189 e. The van der Waals surface area contributed by atoms with Gasteiger partial charge in [-0.2, -0.15) is 5.10 Å². The van der Waals surface area contributed by atoms with Gasteiger partial charge in [0.25, 0.3) is 0 Å². The van der Waals surface area contributed by atoms with Crippen LogP contribution in [0.15, 0.2) is 24.5 Å². The highest BCUT2D eigenvalue weighted by atomic mass is 19.1. The van der Waals surface area contributed by atoms with E-state index in [1.165, 1.54) is 30.1 Å².